The Kier molecular flexibility index (Phi) is 7.73. The molecule has 0 radical (unpaired) electrons. The Morgan fingerprint density at radius 2 is 1.26 bits per heavy atom. The van der Waals surface area contributed by atoms with Gasteiger partial charge in [0.05, 0.1) is 38.4 Å². The number of ether oxygens (including phenoxy) is 7. The number of ketones is 1. The Hall–Kier alpha value is -1.10. The van der Waals surface area contributed by atoms with Gasteiger partial charge in [-0.1, -0.05) is 13.8 Å². The van der Waals surface area contributed by atoms with Crippen LogP contribution in [0.5, 0.6) is 0 Å². The highest BCUT2D eigenvalue weighted by Gasteiger charge is 2.51. The number of hydrogen-bond donors (Lipinski definition) is 0. The van der Waals surface area contributed by atoms with Gasteiger partial charge in [-0.3, -0.25) is 4.79 Å². The lowest BCUT2D eigenvalue weighted by Gasteiger charge is -2.49. The summed E-state index contributed by atoms with van der Waals surface area (Å²) in [6, 6.07) is 0. The number of rotatable bonds is 9. The SMILES string of the molecule is CCOC(=O)COC1(CC)OCC2(COC(CC)(OCC(C)=O)OC2)CO1. The van der Waals surface area contributed by atoms with Crippen LogP contribution in [0.1, 0.15) is 40.5 Å². The van der Waals surface area contributed by atoms with Crippen LogP contribution in [0.25, 0.3) is 0 Å². The minimum Gasteiger partial charge on any atom is -0.464 e. The molecule has 0 N–H and O–H groups in total. The van der Waals surface area contributed by atoms with E-state index < -0.39 is 23.3 Å². The molecule has 27 heavy (non-hydrogen) atoms. The summed E-state index contributed by atoms with van der Waals surface area (Å²) in [4.78, 5) is 22.7. The third-order valence-corrected chi connectivity index (χ3v) is 4.47. The van der Waals surface area contributed by atoms with E-state index in [9.17, 15) is 9.59 Å². The highest BCUT2D eigenvalue weighted by molar-refractivity contribution is 5.76. The summed E-state index contributed by atoms with van der Waals surface area (Å²) in [6.45, 7) is 7.95. The van der Waals surface area contributed by atoms with Crippen molar-refractivity contribution in [1.82, 2.24) is 0 Å². The van der Waals surface area contributed by atoms with Gasteiger partial charge in [0.15, 0.2) is 12.4 Å². The topological polar surface area (TPSA) is 98.8 Å². The zero-order valence-corrected chi connectivity index (χ0v) is 16.5. The summed E-state index contributed by atoms with van der Waals surface area (Å²) in [5.41, 5.74) is -0.510. The van der Waals surface area contributed by atoms with Gasteiger partial charge < -0.3 is 33.2 Å². The van der Waals surface area contributed by atoms with Crippen LogP contribution in [0.15, 0.2) is 0 Å². The molecule has 2 aliphatic rings. The Morgan fingerprint density at radius 1 is 0.815 bits per heavy atom. The van der Waals surface area contributed by atoms with Crippen LogP contribution in [0.3, 0.4) is 0 Å². The summed E-state index contributed by atoms with van der Waals surface area (Å²) >= 11 is 0. The van der Waals surface area contributed by atoms with Crippen LogP contribution in [0.4, 0.5) is 0 Å². The molecule has 0 aromatic carbocycles. The first-order valence-corrected chi connectivity index (χ1v) is 9.31. The number of esters is 1. The quantitative estimate of drug-likeness (QED) is 0.541. The molecule has 0 bridgehead atoms. The maximum atomic E-state index is 11.5. The molecule has 9 nitrogen and oxygen atoms in total. The lowest BCUT2D eigenvalue weighted by atomic mass is 9.90. The summed E-state index contributed by atoms with van der Waals surface area (Å²) in [7, 11) is 0. The van der Waals surface area contributed by atoms with E-state index in [4.69, 9.17) is 33.2 Å². The van der Waals surface area contributed by atoms with Gasteiger partial charge in [0.25, 0.3) is 11.9 Å². The minimum absolute atomic E-state index is 0.0749. The monoisotopic (exact) mass is 390 g/mol. The lowest BCUT2D eigenvalue weighted by Crippen LogP contribution is -2.60. The van der Waals surface area contributed by atoms with Crippen LogP contribution in [-0.4, -0.2) is 69.9 Å². The van der Waals surface area contributed by atoms with Crippen LogP contribution in [-0.2, 0) is 42.7 Å². The Bertz CT molecular complexity index is 501. The Morgan fingerprint density at radius 3 is 1.63 bits per heavy atom. The van der Waals surface area contributed by atoms with Gasteiger partial charge in [0, 0.05) is 12.8 Å². The van der Waals surface area contributed by atoms with Crippen LogP contribution >= 0.6 is 0 Å². The third kappa shape index (κ3) is 5.69. The molecule has 0 aromatic heterocycles. The summed E-state index contributed by atoms with van der Waals surface area (Å²) < 4.78 is 39.2. The van der Waals surface area contributed by atoms with E-state index in [0.29, 0.717) is 12.8 Å². The van der Waals surface area contributed by atoms with E-state index in [0.717, 1.165) is 0 Å². The number of Topliss-reactive ketones (excluding diaryl/α,β-unsaturated/α-hetero) is 1. The second-order valence-corrected chi connectivity index (χ2v) is 6.81. The maximum Gasteiger partial charge on any atom is 0.332 e. The van der Waals surface area contributed by atoms with E-state index in [1.807, 2.05) is 13.8 Å². The van der Waals surface area contributed by atoms with Crippen molar-refractivity contribution >= 4 is 11.8 Å². The third-order valence-electron chi connectivity index (χ3n) is 4.47. The fourth-order valence-electron chi connectivity index (χ4n) is 2.75. The molecule has 9 heteroatoms. The fraction of sp³-hybridized carbons (Fsp3) is 0.889. The molecule has 0 aliphatic carbocycles. The molecule has 156 valence electrons. The number of hydrogen-bond acceptors (Lipinski definition) is 9. The van der Waals surface area contributed by atoms with Crippen molar-refractivity contribution in [3.8, 4) is 0 Å². The van der Waals surface area contributed by atoms with E-state index in [2.05, 4.69) is 0 Å². The van der Waals surface area contributed by atoms with Crippen molar-refractivity contribution in [1.29, 1.82) is 0 Å². The zero-order valence-electron chi connectivity index (χ0n) is 16.5. The van der Waals surface area contributed by atoms with Gasteiger partial charge in [-0.25, -0.2) is 4.79 Å². The first-order valence-electron chi connectivity index (χ1n) is 9.31. The van der Waals surface area contributed by atoms with Crippen LogP contribution in [0, 0.1) is 5.41 Å². The van der Waals surface area contributed by atoms with Crippen LogP contribution in [0.2, 0.25) is 0 Å². The maximum absolute atomic E-state index is 11.5. The average Bonchev–Trinajstić information content (AvgIpc) is 2.68. The van der Waals surface area contributed by atoms with Crippen molar-refractivity contribution in [3.63, 3.8) is 0 Å². The van der Waals surface area contributed by atoms with Gasteiger partial charge in [-0.05, 0) is 13.8 Å². The molecule has 2 fully saturated rings. The molecule has 2 heterocycles. The summed E-state index contributed by atoms with van der Waals surface area (Å²) in [5, 5.41) is 0. The molecule has 2 saturated heterocycles. The molecule has 0 saturated carbocycles. The van der Waals surface area contributed by atoms with Gasteiger partial charge in [0.1, 0.15) is 6.61 Å². The predicted molar refractivity (Wildman–Crippen MR) is 91.5 cm³/mol. The van der Waals surface area contributed by atoms with E-state index in [1.54, 1.807) is 6.92 Å². The molecule has 0 atom stereocenters. The Labute approximate surface area is 159 Å². The first kappa shape index (κ1) is 22.2. The molecule has 1 spiro atoms. The highest BCUT2D eigenvalue weighted by atomic mass is 16.9. The van der Waals surface area contributed by atoms with E-state index in [1.165, 1.54) is 6.92 Å². The van der Waals surface area contributed by atoms with Crippen molar-refractivity contribution in [2.45, 2.75) is 52.5 Å². The standard InChI is InChI=1S/C18H30O9/c1-5-17(22-8-14(4)19)24-10-16(11-25-17)12-26-18(6-2,27-13-16)23-9-15(20)21-7-3/h5-13H2,1-4H3. The lowest BCUT2D eigenvalue weighted by molar-refractivity contribution is -0.463. The van der Waals surface area contributed by atoms with Crippen molar-refractivity contribution in [2.24, 2.45) is 5.41 Å². The van der Waals surface area contributed by atoms with Gasteiger partial charge in [-0.15, -0.1) is 0 Å². The molecular weight excluding hydrogens is 360 g/mol. The van der Waals surface area contributed by atoms with E-state index >= 15 is 0 Å². The molecule has 2 aliphatic heterocycles. The number of carbonyl (C=O) groups excluding carboxylic acids is 2. The molecule has 0 unspecified atom stereocenters. The minimum atomic E-state index is -1.29. The summed E-state index contributed by atoms with van der Waals surface area (Å²) in [5.74, 6) is -3.09. The normalized spacial score (nSPS) is 33.8. The van der Waals surface area contributed by atoms with Crippen LogP contribution < -0.4 is 0 Å². The molecule has 2 rings (SSSR count). The smallest absolute Gasteiger partial charge is 0.332 e. The highest BCUT2D eigenvalue weighted by Crippen LogP contribution is 2.39. The first-order chi connectivity index (χ1) is 12.8. The van der Waals surface area contributed by atoms with Gasteiger partial charge in [0.2, 0.25) is 0 Å². The molecule has 0 aromatic rings. The van der Waals surface area contributed by atoms with Gasteiger partial charge in [-0.2, -0.15) is 0 Å². The second-order valence-electron chi connectivity index (χ2n) is 6.81. The van der Waals surface area contributed by atoms with Gasteiger partial charge >= 0.3 is 5.97 Å². The average molecular weight is 390 g/mol. The summed E-state index contributed by atoms with van der Waals surface area (Å²) in [6.07, 6.45) is 0.852. The largest absolute Gasteiger partial charge is 0.464 e. The van der Waals surface area contributed by atoms with Crippen molar-refractivity contribution in [2.75, 3.05) is 46.2 Å². The van der Waals surface area contributed by atoms with Crippen molar-refractivity contribution in [3.05, 3.63) is 0 Å². The number of carbonyl (C=O) groups is 2. The molecular formula is C18H30O9. The molecule has 0 amide bonds. The van der Waals surface area contributed by atoms with Crippen molar-refractivity contribution < 1.29 is 42.7 Å². The fourth-order valence-corrected chi connectivity index (χ4v) is 2.75. The zero-order chi connectivity index (χ0) is 20.0. The predicted octanol–water partition coefficient (Wildman–Crippen LogP) is 1.38. The van der Waals surface area contributed by atoms with E-state index in [-0.39, 0.29) is 52.0 Å². The second kappa shape index (κ2) is 9.40. The Balaban J connectivity index is 1.88.